The molecular formula is C19H22N2O3. The van der Waals surface area contributed by atoms with Crippen molar-refractivity contribution in [1.29, 1.82) is 0 Å². The molecule has 1 amide bonds. The largest absolute Gasteiger partial charge is 0.493 e. The highest BCUT2D eigenvalue weighted by atomic mass is 16.5. The zero-order valence-electron chi connectivity index (χ0n) is 14.3. The molecule has 3 rings (SSSR count). The lowest BCUT2D eigenvalue weighted by molar-refractivity contribution is -0.115. The zero-order valence-corrected chi connectivity index (χ0v) is 14.3. The van der Waals surface area contributed by atoms with Gasteiger partial charge in [-0.25, -0.2) is 0 Å². The number of anilines is 2. The molecule has 2 aromatic carbocycles. The van der Waals surface area contributed by atoms with Crippen LogP contribution >= 0.6 is 0 Å². The van der Waals surface area contributed by atoms with Gasteiger partial charge in [0, 0.05) is 25.0 Å². The first-order valence-electron chi connectivity index (χ1n) is 7.95. The van der Waals surface area contributed by atoms with Crippen molar-refractivity contribution >= 4 is 17.3 Å². The average Bonchev–Trinajstić information content (AvgIpc) is 2.95. The van der Waals surface area contributed by atoms with E-state index in [9.17, 15) is 4.79 Å². The van der Waals surface area contributed by atoms with Crippen molar-refractivity contribution in [2.75, 3.05) is 38.0 Å². The average molecular weight is 326 g/mol. The van der Waals surface area contributed by atoms with Gasteiger partial charge in [0.2, 0.25) is 5.91 Å². The Morgan fingerprint density at radius 1 is 1.12 bits per heavy atom. The van der Waals surface area contributed by atoms with E-state index in [1.165, 1.54) is 11.3 Å². The number of fused-ring (bicyclic) bond motifs is 1. The van der Waals surface area contributed by atoms with Gasteiger partial charge in [-0.3, -0.25) is 4.79 Å². The Kier molecular flexibility index (Phi) is 4.60. The van der Waals surface area contributed by atoms with Crippen LogP contribution in [0.5, 0.6) is 11.5 Å². The highest BCUT2D eigenvalue weighted by Gasteiger charge is 2.16. The van der Waals surface area contributed by atoms with E-state index in [1.54, 1.807) is 14.2 Å². The molecule has 0 radical (unpaired) electrons. The van der Waals surface area contributed by atoms with Crippen molar-refractivity contribution in [2.24, 2.45) is 0 Å². The van der Waals surface area contributed by atoms with Crippen LogP contribution in [0.1, 0.15) is 11.1 Å². The molecule has 126 valence electrons. The molecule has 0 bridgehead atoms. The first-order chi connectivity index (χ1) is 11.6. The second kappa shape index (κ2) is 6.83. The summed E-state index contributed by atoms with van der Waals surface area (Å²) in [4.78, 5) is 14.5. The van der Waals surface area contributed by atoms with E-state index in [1.807, 2.05) is 30.3 Å². The summed E-state index contributed by atoms with van der Waals surface area (Å²) >= 11 is 0. The summed E-state index contributed by atoms with van der Waals surface area (Å²) in [5.41, 5.74) is 4.23. The summed E-state index contributed by atoms with van der Waals surface area (Å²) in [6.45, 7) is 1.03. The number of likely N-dealkylation sites (N-methyl/N-ethyl adjacent to an activating group) is 1. The van der Waals surface area contributed by atoms with Crippen molar-refractivity contribution < 1.29 is 14.3 Å². The fraction of sp³-hybridized carbons (Fsp3) is 0.316. The van der Waals surface area contributed by atoms with Crippen LogP contribution in [-0.4, -0.2) is 33.7 Å². The highest BCUT2D eigenvalue weighted by Crippen LogP contribution is 2.30. The molecule has 0 fully saturated rings. The van der Waals surface area contributed by atoms with E-state index in [-0.39, 0.29) is 12.3 Å². The van der Waals surface area contributed by atoms with Crippen LogP contribution in [-0.2, 0) is 17.6 Å². The molecule has 0 unspecified atom stereocenters. The molecule has 0 saturated heterocycles. The molecule has 0 spiro atoms. The quantitative estimate of drug-likeness (QED) is 0.918. The molecule has 1 aliphatic heterocycles. The van der Waals surface area contributed by atoms with Gasteiger partial charge in [0.15, 0.2) is 11.5 Å². The Morgan fingerprint density at radius 2 is 1.92 bits per heavy atom. The van der Waals surface area contributed by atoms with Crippen LogP contribution < -0.4 is 19.7 Å². The number of nitrogens with zero attached hydrogens (tertiary/aromatic N) is 1. The summed E-state index contributed by atoms with van der Waals surface area (Å²) in [5.74, 6) is 1.23. The number of ether oxygens (including phenoxy) is 2. The minimum Gasteiger partial charge on any atom is -0.493 e. The number of carbonyl (C=O) groups is 1. The standard InChI is InChI=1S/C19H22N2O3/c1-21-9-8-14-5-6-15(12-16(14)21)20-19(22)11-13-4-7-17(23-2)18(10-13)24-3/h4-7,10,12H,8-9,11H2,1-3H3,(H,20,22). The van der Waals surface area contributed by atoms with E-state index >= 15 is 0 Å². The van der Waals surface area contributed by atoms with E-state index in [4.69, 9.17) is 9.47 Å². The molecule has 0 atom stereocenters. The number of nitrogens with one attached hydrogen (secondary N) is 1. The summed E-state index contributed by atoms with van der Waals surface area (Å²) in [6.07, 6.45) is 1.35. The van der Waals surface area contributed by atoms with Crippen LogP contribution in [0.2, 0.25) is 0 Å². The minimum absolute atomic E-state index is 0.0529. The van der Waals surface area contributed by atoms with Crippen LogP contribution in [0.4, 0.5) is 11.4 Å². The van der Waals surface area contributed by atoms with E-state index in [0.717, 1.165) is 24.2 Å². The molecule has 0 saturated carbocycles. The Hall–Kier alpha value is -2.69. The molecule has 0 aliphatic carbocycles. The molecule has 5 heteroatoms. The van der Waals surface area contributed by atoms with Gasteiger partial charge in [-0.15, -0.1) is 0 Å². The van der Waals surface area contributed by atoms with Gasteiger partial charge in [0.05, 0.1) is 20.6 Å². The van der Waals surface area contributed by atoms with Gasteiger partial charge >= 0.3 is 0 Å². The second-order valence-electron chi connectivity index (χ2n) is 5.93. The first-order valence-corrected chi connectivity index (χ1v) is 7.95. The van der Waals surface area contributed by atoms with Crippen LogP contribution in [0.15, 0.2) is 36.4 Å². The minimum atomic E-state index is -0.0529. The summed E-state index contributed by atoms with van der Waals surface area (Å²) < 4.78 is 10.5. The maximum atomic E-state index is 12.3. The maximum Gasteiger partial charge on any atom is 0.228 e. The van der Waals surface area contributed by atoms with Gasteiger partial charge in [-0.1, -0.05) is 12.1 Å². The smallest absolute Gasteiger partial charge is 0.228 e. The molecule has 2 aromatic rings. The van der Waals surface area contributed by atoms with Gasteiger partial charge < -0.3 is 19.7 Å². The number of benzene rings is 2. The monoisotopic (exact) mass is 326 g/mol. The summed E-state index contributed by atoms with van der Waals surface area (Å²) in [5, 5.41) is 2.97. The summed E-state index contributed by atoms with van der Waals surface area (Å²) in [6, 6.07) is 11.6. The third-order valence-corrected chi connectivity index (χ3v) is 4.31. The summed E-state index contributed by atoms with van der Waals surface area (Å²) in [7, 11) is 5.25. The van der Waals surface area contributed by atoms with Crippen LogP contribution in [0, 0.1) is 0 Å². The van der Waals surface area contributed by atoms with Crippen molar-refractivity contribution in [2.45, 2.75) is 12.8 Å². The van der Waals surface area contributed by atoms with Crippen LogP contribution in [0.25, 0.3) is 0 Å². The number of hydrogen-bond donors (Lipinski definition) is 1. The number of amides is 1. The zero-order chi connectivity index (χ0) is 17.1. The van der Waals surface area contributed by atoms with Gasteiger partial charge in [0.25, 0.3) is 0 Å². The van der Waals surface area contributed by atoms with Gasteiger partial charge in [-0.05, 0) is 41.8 Å². The van der Waals surface area contributed by atoms with Crippen molar-refractivity contribution in [1.82, 2.24) is 0 Å². The fourth-order valence-corrected chi connectivity index (χ4v) is 3.00. The highest BCUT2D eigenvalue weighted by molar-refractivity contribution is 5.93. The van der Waals surface area contributed by atoms with E-state index in [2.05, 4.69) is 23.3 Å². The maximum absolute atomic E-state index is 12.3. The molecular weight excluding hydrogens is 304 g/mol. The lowest BCUT2D eigenvalue weighted by atomic mass is 10.1. The second-order valence-corrected chi connectivity index (χ2v) is 5.93. The van der Waals surface area contributed by atoms with Crippen molar-refractivity contribution in [3.05, 3.63) is 47.5 Å². The number of rotatable bonds is 5. The molecule has 1 heterocycles. The third-order valence-electron chi connectivity index (χ3n) is 4.31. The molecule has 1 N–H and O–H groups in total. The topological polar surface area (TPSA) is 50.8 Å². The molecule has 24 heavy (non-hydrogen) atoms. The van der Waals surface area contributed by atoms with Crippen molar-refractivity contribution in [3.63, 3.8) is 0 Å². The van der Waals surface area contributed by atoms with Crippen LogP contribution in [0.3, 0.4) is 0 Å². The lowest BCUT2D eigenvalue weighted by Gasteiger charge is -2.14. The number of methoxy groups -OCH3 is 2. The van der Waals surface area contributed by atoms with E-state index < -0.39 is 0 Å². The molecule has 1 aliphatic rings. The SMILES string of the molecule is COc1ccc(CC(=O)Nc2ccc3c(c2)N(C)CC3)cc1OC. The predicted molar refractivity (Wildman–Crippen MR) is 95.3 cm³/mol. The number of carbonyl (C=O) groups excluding carboxylic acids is 1. The Morgan fingerprint density at radius 3 is 2.67 bits per heavy atom. The number of hydrogen-bond acceptors (Lipinski definition) is 4. The predicted octanol–water partition coefficient (Wildman–Crippen LogP) is 2.88. The Balaban J connectivity index is 1.69. The van der Waals surface area contributed by atoms with E-state index in [0.29, 0.717) is 11.5 Å². The van der Waals surface area contributed by atoms with Crippen molar-refractivity contribution in [3.8, 4) is 11.5 Å². The normalized spacial score (nSPS) is 12.7. The Labute approximate surface area is 142 Å². The Bertz CT molecular complexity index is 758. The first kappa shape index (κ1) is 16.2. The third kappa shape index (κ3) is 3.30. The molecule has 0 aromatic heterocycles. The van der Waals surface area contributed by atoms with Gasteiger partial charge in [0.1, 0.15) is 0 Å². The lowest BCUT2D eigenvalue weighted by Crippen LogP contribution is -2.15. The van der Waals surface area contributed by atoms with Gasteiger partial charge in [-0.2, -0.15) is 0 Å². The fourth-order valence-electron chi connectivity index (χ4n) is 3.00. The molecule has 5 nitrogen and oxygen atoms in total.